The maximum atomic E-state index is 13.3. The number of benzene rings is 3. The number of anilines is 3. The van der Waals surface area contributed by atoms with Gasteiger partial charge in [-0.15, -0.1) is 0 Å². The molecule has 6 nitrogen and oxygen atoms in total. The summed E-state index contributed by atoms with van der Waals surface area (Å²) >= 11 is 0. The molecule has 150 valence electrons. The second-order valence-electron chi connectivity index (χ2n) is 6.82. The van der Waals surface area contributed by atoms with Crippen LogP contribution in [0.3, 0.4) is 0 Å². The molecule has 4 rings (SSSR count). The number of nitrogens with zero attached hydrogens (tertiary/aromatic N) is 1. The van der Waals surface area contributed by atoms with Crippen molar-refractivity contribution in [1.29, 1.82) is 0 Å². The summed E-state index contributed by atoms with van der Waals surface area (Å²) in [4.78, 5) is 40.0. The molecule has 2 N–H and O–H groups in total. The molecule has 3 aromatic rings. The minimum absolute atomic E-state index is 0.217. The van der Waals surface area contributed by atoms with Crippen LogP contribution in [0.25, 0.3) is 0 Å². The molecular formula is C23H18FN3O3. The molecule has 7 heteroatoms. The number of amides is 3. The lowest BCUT2D eigenvalue weighted by Gasteiger charge is -2.36. The summed E-state index contributed by atoms with van der Waals surface area (Å²) in [7, 11) is 0. The fraction of sp³-hybridized carbons (Fsp3) is 0.0870. The van der Waals surface area contributed by atoms with Crippen molar-refractivity contribution >= 4 is 34.8 Å². The van der Waals surface area contributed by atoms with E-state index in [1.807, 2.05) is 6.07 Å². The number of carbonyl (C=O) groups is 3. The van der Waals surface area contributed by atoms with Crippen molar-refractivity contribution < 1.29 is 18.8 Å². The van der Waals surface area contributed by atoms with Gasteiger partial charge in [0.15, 0.2) is 0 Å². The lowest BCUT2D eigenvalue weighted by atomic mass is 10.0. The Kier molecular flexibility index (Phi) is 5.26. The molecule has 1 aliphatic rings. The average molecular weight is 403 g/mol. The number of carbonyl (C=O) groups excluding carboxylic acids is 3. The Morgan fingerprint density at radius 2 is 1.60 bits per heavy atom. The van der Waals surface area contributed by atoms with E-state index < -0.39 is 29.6 Å². The maximum absolute atomic E-state index is 13.3. The Hall–Kier alpha value is -4.00. The van der Waals surface area contributed by atoms with Crippen LogP contribution < -0.4 is 15.5 Å². The first-order valence-electron chi connectivity index (χ1n) is 9.37. The van der Waals surface area contributed by atoms with E-state index in [1.165, 1.54) is 29.2 Å². The SMILES string of the molecule is O=C(CC1C(=O)Nc2ccccc2N1C(=O)c1ccc(F)cc1)Nc1ccccc1. The van der Waals surface area contributed by atoms with Crippen LogP contribution in [0.2, 0.25) is 0 Å². The quantitative estimate of drug-likeness (QED) is 0.695. The summed E-state index contributed by atoms with van der Waals surface area (Å²) in [5.74, 6) is -1.83. The van der Waals surface area contributed by atoms with Gasteiger partial charge in [0.25, 0.3) is 5.91 Å². The summed E-state index contributed by atoms with van der Waals surface area (Å²) in [6.45, 7) is 0. The number of rotatable bonds is 4. The van der Waals surface area contributed by atoms with E-state index in [9.17, 15) is 18.8 Å². The molecule has 0 aliphatic carbocycles. The normalized spacial score (nSPS) is 15.2. The average Bonchev–Trinajstić information content (AvgIpc) is 2.75. The number of hydrogen-bond donors (Lipinski definition) is 2. The zero-order chi connectivity index (χ0) is 21.1. The molecular weight excluding hydrogens is 385 g/mol. The summed E-state index contributed by atoms with van der Waals surface area (Å²) < 4.78 is 13.3. The van der Waals surface area contributed by atoms with Gasteiger partial charge in [-0.25, -0.2) is 4.39 Å². The molecule has 1 heterocycles. The van der Waals surface area contributed by atoms with Crippen molar-refractivity contribution in [2.45, 2.75) is 12.5 Å². The van der Waals surface area contributed by atoms with E-state index in [1.54, 1.807) is 48.5 Å². The molecule has 30 heavy (non-hydrogen) atoms. The van der Waals surface area contributed by atoms with Crippen LogP contribution in [0.1, 0.15) is 16.8 Å². The van der Waals surface area contributed by atoms with Crippen molar-refractivity contribution in [3.63, 3.8) is 0 Å². The van der Waals surface area contributed by atoms with Gasteiger partial charge < -0.3 is 10.6 Å². The Bertz CT molecular complexity index is 1100. The molecule has 1 unspecified atom stereocenters. The van der Waals surface area contributed by atoms with Crippen molar-refractivity contribution in [1.82, 2.24) is 0 Å². The highest BCUT2D eigenvalue weighted by molar-refractivity contribution is 6.17. The topological polar surface area (TPSA) is 78.5 Å². The monoisotopic (exact) mass is 403 g/mol. The van der Waals surface area contributed by atoms with Gasteiger partial charge in [0.1, 0.15) is 11.9 Å². The molecule has 1 aliphatic heterocycles. The standard InChI is InChI=1S/C23H18FN3O3/c24-16-12-10-15(11-13-16)23(30)27-19-9-5-4-8-18(19)26-22(29)20(27)14-21(28)25-17-6-2-1-3-7-17/h1-13,20H,14H2,(H,25,28)(H,26,29). The first kappa shape index (κ1) is 19.3. The first-order valence-corrected chi connectivity index (χ1v) is 9.37. The fourth-order valence-electron chi connectivity index (χ4n) is 3.37. The third-order valence-corrected chi connectivity index (χ3v) is 4.78. The lowest BCUT2D eigenvalue weighted by Crippen LogP contribution is -2.52. The van der Waals surface area contributed by atoms with E-state index in [2.05, 4.69) is 10.6 Å². The van der Waals surface area contributed by atoms with Crippen LogP contribution in [-0.2, 0) is 9.59 Å². The summed E-state index contributed by atoms with van der Waals surface area (Å²) in [6, 6.07) is 19.7. The van der Waals surface area contributed by atoms with Crippen molar-refractivity contribution in [3.8, 4) is 0 Å². The summed E-state index contributed by atoms with van der Waals surface area (Å²) in [5.41, 5.74) is 1.76. The largest absolute Gasteiger partial charge is 0.326 e. The van der Waals surface area contributed by atoms with Gasteiger partial charge in [-0.2, -0.15) is 0 Å². The zero-order valence-corrected chi connectivity index (χ0v) is 15.8. The van der Waals surface area contributed by atoms with Crippen LogP contribution >= 0.6 is 0 Å². The second kappa shape index (κ2) is 8.16. The number of nitrogens with one attached hydrogen (secondary N) is 2. The third kappa shape index (κ3) is 3.91. The van der Waals surface area contributed by atoms with Crippen molar-refractivity contribution in [3.05, 3.63) is 90.2 Å². The molecule has 0 saturated heterocycles. The Labute approximate surface area is 172 Å². The minimum Gasteiger partial charge on any atom is -0.326 e. The molecule has 0 bridgehead atoms. The highest BCUT2D eigenvalue weighted by Gasteiger charge is 2.38. The van der Waals surface area contributed by atoms with E-state index in [0.29, 0.717) is 17.1 Å². The Balaban J connectivity index is 1.66. The van der Waals surface area contributed by atoms with Gasteiger partial charge in [-0.1, -0.05) is 30.3 Å². The fourth-order valence-corrected chi connectivity index (χ4v) is 3.37. The first-order chi connectivity index (χ1) is 14.5. The van der Waals surface area contributed by atoms with Gasteiger partial charge >= 0.3 is 0 Å². The van der Waals surface area contributed by atoms with Gasteiger partial charge in [-0.05, 0) is 48.5 Å². The van der Waals surface area contributed by atoms with E-state index in [4.69, 9.17) is 0 Å². The van der Waals surface area contributed by atoms with Crippen molar-refractivity contribution in [2.24, 2.45) is 0 Å². The molecule has 3 aromatic carbocycles. The highest BCUT2D eigenvalue weighted by atomic mass is 19.1. The van der Waals surface area contributed by atoms with Gasteiger partial charge in [-0.3, -0.25) is 19.3 Å². The molecule has 3 amide bonds. The Morgan fingerprint density at radius 1 is 0.933 bits per heavy atom. The van der Waals surface area contributed by atoms with Crippen LogP contribution in [0.15, 0.2) is 78.9 Å². The van der Waals surface area contributed by atoms with Crippen molar-refractivity contribution in [2.75, 3.05) is 15.5 Å². The predicted octanol–water partition coefficient (Wildman–Crippen LogP) is 3.82. The smallest absolute Gasteiger partial charge is 0.259 e. The molecule has 1 atom stereocenters. The van der Waals surface area contributed by atoms with E-state index >= 15 is 0 Å². The number of halogens is 1. The van der Waals surface area contributed by atoms with E-state index in [-0.39, 0.29) is 12.0 Å². The van der Waals surface area contributed by atoms with Gasteiger partial charge in [0.05, 0.1) is 17.8 Å². The van der Waals surface area contributed by atoms with Crippen LogP contribution in [0.4, 0.5) is 21.5 Å². The third-order valence-electron chi connectivity index (χ3n) is 4.78. The summed E-state index contributed by atoms with van der Waals surface area (Å²) in [5, 5.41) is 5.49. The van der Waals surface area contributed by atoms with Crippen LogP contribution in [0, 0.1) is 5.82 Å². The molecule has 0 fully saturated rings. The minimum atomic E-state index is -1.05. The van der Waals surface area contributed by atoms with Crippen LogP contribution in [0.5, 0.6) is 0 Å². The molecule has 0 radical (unpaired) electrons. The molecule has 0 saturated carbocycles. The Morgan fingerprint density at radius 3 is 2.33 bits per heavy atom. The molecule has 0 spiro atoms. The predicted molar refractivity (Wildman–Crippen MR) is 112 cm³/mol. The number of para-hydroxylation sites is 3. The van der Waals surface area contributed by atoms with Gasteiger partial charge in [0, 0.05) is 11.3 Å². The zero-order valence-electron chi connectivity index (χ0n) is 15.8. The molecule has 0 aromatic heterocycles. The maximum Gasteiger partial charge on any atom is 0.259 e. The summed E-state index contributed by atoms with van der Waals surface area (Å²) in [6.07, 6.45) is -0.234. The van der Waals surface area contributed by atoms with Crippen LogP contribution in [-0.4, -0.2) is 23.8 Å². The number of hydrogen-bond acceptors (Lipinski definition) is 3. The number of fused-ring (bicyclic) bond motifs is 1. The second-order valence-corrected chi connectivity index (χ2v) is 6.82. The van der Waals surface area contributed by atoms with Gasteiger partial charge in [0.2, 0.25) is 11.8 Å². The van der Waals surface area contributed by atoms with E-state index in [0.717, 1.165) is 0 Å². The lowest BCUT2D eigenvalue weighted by molar-refractivity contribution is -0.122. The highest BCUT2D eigenvalue weighted by Crippen LogP contribution is 2.34.